The Bertz CT molecular complexity index is 1050. The standard InChI is InChI=1S/C26H28O6S/c1-28-16-31-21-10-6-19(7-11-21)26(33-3)15-30-24-14-22(32-17-29-2)12-13-23(24)25(26)18-4-8-20(27)9-5-18/h4-14,25,27H,15-17H2,1-3H3. The molecule has 0 fully saturated rings. The molecule has 1 aliphatic heterocycles. The maximum absolute atomic E-state index is 9.89. The largest absolute Gasteiger partial charge is 0.508 e. The summed E-state index contributed by atoms with van der Waals surface area (Å²) in [6, 6.07) is 21.4. The second-order valence-electron chi connectivity index (χ2n) is 7.73. The van der Waals surface area contributed by atoms with Gasteiger partial charge in [0.25, 0.3) is 0 Å². The molecule has 0 spiro atoms. The summed E-state index contributed by atoms with van der Waals surface area (Å²) in [7, 11) is 3.19. The number of phenolic OH excluding ortho intramolecular Hbond substituents is 1. The van der Waals surface area contributed by atoms with Crippen LogP contribution in [0.3, 0.4) is 0 Å². The third kappa shape index (κ3) is 4.76. The number of aromatic hydroxyl groups is 1. The summed E-state index contributed by atoms with van der Waals surface area (Å²) < 4.78 is 27.2. The number of hydrogen-bond acceptors (Lipinski definition) is 7. The molecule has 4 rings (SSSR count). The summed E-state index contributed by atoms with van der Waals surface area (Å²) in [6.45, 7) is 0.845. The van der Waals surface area contributed by atoms with Crippen molar-refractivity contribution in [2.45, 2.75) is 10.7 Å². The number of fused-ring (bicyclic) bond motifs is 1. The van der Waals surface area contributed by atoms with Crippen LogP contribution in [0.4, 0.5) is 0 Å². The molecule has 7 heteroatoms. The molecule has 0 bridgehead atoms. The SMILES string of the molecule is COCOc1ccc(C2(SC)COc3cc(OCOC)ccc3C2c2ccc(O)cc2)cc1. The van der Waals surface area contributed by atoms with Gasteiger partial charge >= 0.3 is 0 Å². The highest BCUT2D eigenvalue weighted by atomic mass is 32.2. The highest BCUT2D eigenvalue weighted by molar-refractivity contribution is 7.99. The van der Waals surface area contributed by atoms with Crippen molar-refractivity contribution in [3.63, 3.8) is 0 Å². The first-order valence-corrected chi connectivity index (χ1v) is 11.8. The van der Waals surface area contributed by atoms with Crippen LogP contribution in [0.1, 0.15) is 22.6 Å². The fraction of sp³-hybridized carbons (Fsp3) is 0.308. The van der Waals surface area contributed by atoms with E-state index in [2.05, 4.69) is 24.5 Å². The maximum atomic E-state index is 9.89. The topological polar surface area (TPSA) is 66.4 Å². The minimum atomic E-state index is -0.390. The van der Waals surface area contributed by atoms with Gasteiger partial charge in [0.15, 0.2) is 13.6 Å². The number of methoxy groups -OCH3 is 2. The molecule has 1 heterocycles. The Morgan fingerprint density at radius 1 is 0.909 bits per heavy atom. The van der Waals surface area contributed by atoms with Crippen molar-refractivity contribution in [3.8, 4) is 23.0 Å². The zero-order chi connectivity index (χ0) is 23.3. The van der Waals surface area contributed by atoms with E-state index >= 15 is 0 Å². The van der Waals surface area contributed by atoms with Crippen LogP contribution < -0.4 is 14.2 Å². The van der Waals surface area contributed by atoms with Crippen molar-refractivity contribution in [1.82, 2.24) is 0 Å². The molecule has 0 aliphatic carbocycles. The van der Waals surface area contributed by atoms with Gasteiger partial charge in [0.2, 0.25) is 0 Å². The zero-order valence-corrected chi connectivity index (χ0v) is 19.8. The lowest BCUT2D eigenvalue weighted by Gasteiger charge is -2.44. The maximum Gasteiger partial charge on any atom is 0.188 e. The van der Waals surface area contributed by atoms with Gasteiger partial charge in [-0.1, -0.05) is 30.3 Å². The van der Waals surface area contributed by atoms with E-state index < -0.39 is 4.75 Å². The molecule has 33 heavy (non-hydrogen) atoms. The monoisotopic (exact) mass is 468 g/mol. The van der Waals surface area contributed by atoms with Gasteiger partial charge in [-0.15, -0.1) is 11.8 Å². The minimum Gasteiger partial charge on any atom is -0.508 e. The lowest BCUT2D eigenvalue weighted by atomic mass is 9.75. The second kappa shape index (κ2) is 10.4. The van der Waals surface area contributed by atoms with Crippen LogP contribution in [0.25, 0.3) is 0 Å². The van der Waals surface area contributed by atoms with Crippen LogP contribution in [-0.2, 0) is 14.2 Å². The van der Waals surface area contributed by atoms with Crippen LogP contribution >= 0.6 is 11.8 Å². The molecule has 6 nitrogen and oxygen atoms in total. The molecule has 3 aromatic carbocycles. The lowest BCUT2D eigenvalue weighted by molar-refractivity contribution is 0.0506. The van der Waals surface area contributed by atoms with E-state index in [-0.39, 0.29) is 25.3 Å². The summed E-state index contributed by atoms with van der Waals surface area (Å²) in [5, 5.41) is 9.89. The van der Waals surface area contributed by atoms with Gasteiger partial charge in [-0.25, -0.2) is 0 Å². The summed E-state index contributed by atoms with van der Waals surface area (Å²) in [4.78, 5) is 0. The van der Waals surface area contributed by atoms with Gasteiger partial charge in [0.05, 0.1) is 4.75 Å². The smallest absolute Gasteiger partial charge is 0.188 e. The van der Waals surface area contributed by atoms with E-state index in [1.165, 1.54) is 0 Å². The Balaban J connectivity index is 1.79. The number of rotatable bonds is 9. The predicted molar refractivity (Wildman–Crippen MR) is 129 cm³/mol. The van der Waals surface area contributed by atoms with Crippen LogP contribution in [-0.4, -0.2) is 45.8 Å². The first kappa shape index (κ1) is 23.3. The van der Waals surface area contributed by atoms with Crippen LogP contribution in [0.2, 0.25) is 0 Å². The Kier molecular flexibility index (Phi) is 7.33. The normalized spacial score (nSPS) is 19.4. The fourth-order valence-corrected chi connectivity index (χ4v) is 5.28. The Morgan fingerprint density at radius 3 is 2.18 bits per heavy atom. The molecule has 2 atom stereocenters. The average Bonchev–Trinajstić information content (AvgIpc) is 2.86. The Morgan fingerprint density at radius 2 is 1.55 bits per heavy atom. The van der Waals surface area contributed by atoms with Crippen molar-refractivity contribution in [2.75, 3.05) is 40.7 Å². The highest BCUT2D eigenvalue weighted by Crippen LogP contribution is 2.55. The van der Waals surface area contributed by atoms with Gasteiger partial charge < -0.3 is 28.8 Å². The molecular formula is C26H28O6S. The fourth-order valence-electron chi connectivity index (χ4n) is 4.23. The van der Waals surface area contributed by atoms with Gasteiger partial charge in [0.1, 0.15) is 29.6 Å². The van der Waals surface area contributed by atoms with Crippen molar-refractivity contribution in [1.29, 1.82) is 0 Å². The number of thioether (sulfide) groups is 1. The summed E-state index contributed by atoms with van der Waals surface area (Å²) in [5.74, 6) is 2.45. The molecule has 0 saturated carbocycles. The summed E-state index contributed by atoms with van der Waals surface area (Å²) in [6.07, 6.45) is 2.10. The molecule has 0 radical (unpaired) electrons. The molecule has 0 saturated heterocycles. The molecule has 3 aromatic rings. The number of phenols is 1. The van der Waals surface area contributed by atoms with Crippen LogP contribution in [0.5, 0.6) is 23.0 Å². The van der Waals surface area contributed by atoms with Crippen molar-refractivity contribution in [3.05, 3.63) is 83.4 Å². The van der Waals surface area contributed by atoms with Crippen LogP contribution in [0.15, 0.2) is 66.7 Å². The quantitative estimate of drug-likeness (QED) is 0.436. The Labute approximate surface area is 198 Å². The van der Waals surface area contributed by atoms with E-state index in [0.29, 0.717) is 12.4 Å². The second-order valence-corrected chi connectivity index (χ2v) is 8.87. The zero-order valence-electron chi connectivity index (χ0n) is 18.9. The molecule has 2 unspecified atom stereocenters. The molecule has 1 N–H and O–H groups in total. The minimum absolute atomic E-state index is 0.0148. The van der Waals surface area contributed by atoms with Crippen molar-refractivity contribution >= 4 is 11.8 Å². The van der Waals surface area contributed by atoms with Gasteiger partial charge in [-0.2, -0.15) is 0 Å². The highest BCUT2D eigenvalue weighted by Gasteiger charge is 2.47. The molecule has 0 aromatic heterocycles. The van der Waals surface area contributed by atoms with Crippen molar-refractivity contribution < 1.29 is 28.8 Å². The van der Waals surface area contributed by atoms with E-state index in [1.54, 1.807) is 38.1 Å². The van der Waals surface area contributed by atoms with Gasteiger partial charge in [0, 0.05) is 31.8 Å². The third-order valence-corrected chi connectivity index (χ3v) is 7.14. The summed E-state index contributed by atoms with van der Waals surface area (Å²) in [5.41, 5.74) is 3.28. The third-order valence-electron chi connectivity index (χ3n) is 5.82. The van der Waals surface area contributed by atoms with E-state index in [4.69, 9.17) is 23.7 Å². The summed E-state index contributed by atoms with van der Waals surface area (Å²) >= 11 is 1.75. The lowest BCUT2D eigenvalue weighted by Crippen LogP contribution is -2.40. The van der Waals surface area contributed by atoms with E-state index in [9.17, 15) is 5.11 Å². The first-order valence-electron chi connectivity index (χ1n) is 10.6. The first-order chi connectivity index (χ1) is 16.1. The number of hydrogen-bond donors (Lipinski definition) is 1. The molecule has 174 valence electrons. The number of ether oxygens (including phenoxy) is 5. The Hall–Kier alpha value is -2.87. The van der Waals surface area contributed by atoms with Gasteiger partial charge in [-0.05, 0) is 47.7 Å². The average molecular weight is 469 g/mol. The number of benzene rings is 3. The predicted octanol–water partition coefficient (Wildman–Crippen LogP) is 5.14. The van der Waals surface area contributed by atoms with Gasteiger partial charge in [-0.3, -0.25) is 0 Å². The molecule has 1 aliphatic rings. The van der Waals surface area contributed by atoms with E-state index in [1.807, 2.05) is 36.4 Å². The van der Waals surface area contributed by atoms with Crippen LogP contribution in [0, 0.1) is 0 Å². The molecular weight excluding hydrogens is 440 g/mol. The van der Waals surface area contributed by atoms with Crippen molar-refractivity contribution in [2.24, 2.45) is 0 Å². The van der Waals surface area contributed by atoms with E-state index in [0.717, 1.165) is 28.2 Å². The molecule has 0 amide bonds.